The van der Waals surface area contributed by atoms with Crippen molar-refractivity contribution in [1.29, 1.82) is 0 Å². The Labute approximate surface area is 214 Å². The van der Waals surface area contributed by atoms with Gasteiger partial charge in [-0.1, -0.05) is 19.3 Å². The van der Waals surface area contributed by atoms with Gasteiger partial charge in [-0.2, -0.15) is 5.10 Å². The number of allylic oxidation sites excluding steroid dienone is 1. The second-order valence-electron chi connectivity index (χ2n) is 11.3. The number of hydrogen-bond donors (Lipinski definition) is 1. The van der Waals surface area contributed by atoms with Gasteiger partial charge in [0, 0.05) is 6.04 Å². The lowest BCUT2D eigenvalue weighted by molar-refractivity contribution is -0.142. The van der Waals surface area contributed by atoms with Crippen molar-refractivity contribution >= 4 is 11.9 Å². The summed E-state index contributed by atoms with van der Waals surface area (Å²) in [4.78, 5) is 25.7. The van der Waals surface area contributed by atoms with Crippen LogP contribution in [0, 0.1) is 29.6 Å². The van der Waals surface area contributed by atoms with E-state index in [4.69, 9.17) is 14.2 Å². The molecule has 0 unspecified atom stereocenters. The third-order valence-corrected chi connectivity index (χ3v) is 8.89. The largest absolute Gasteiger partial charge is 0.490 e. The van der Waals surface area contributed by atoms with Gasteiger partial charge in [-0.05, 0) is 87.5 Å². The number of aromatic nitrogens is 2. The molecule has 1 aromatic heterocycles. The maximum atomic E-state index is 13.6. The van der Waals surface area contributed by atoms with Crippen LogP contribution in [0.15, 0.2) is 18.0 Å². The second-order valence-corrected chi connectivity index (χ2v) is 11.3. The summed E-state index contributed by atoms with van der Waals surface area (Å²) in [6.07, 6.45) is 15.7. The molecule has 5 saturated carbocycles. The number of rotatable bonds is 10. The summed E-state index contributed by atoms with van der Waals surface area (Å²) in [7, 11) is 1.44. The third kappa shape index (κ3) is 5.42. The van der Waals surface area contributed by atoms with E-state index in [1.807, 2.05) is 0 Å². The van der Waals surface area contributed by atoms with Crippen LogP contribution in [-0.2, 0) is 20.8 Å². The van der Waals surface area contributed by atoms with Crippen LogP contribution < -0.4 is 10.1 Å². The van der Waals surface area contributed by atoms with E-state index in [1.165, 1.54) is 58.5 Å². The van der Waals surface area contributed by atoms with Crippen molar-refractivity contribution in [2.24, 2.45) is 29.6 Å². The maximum absolute atomic E-state index is 13.6. The van der Waals surface area contributed by atoms with Crippen molar-refractivity contribution in [3.05, 3.63) is 23.6 Å². The van der Waals surface area contributed by atoms with Crippen LogP contribution in [-0.4, -0.2) is 48.0 Å². The second kappa shape index (κ2) is 11.3. The molecule has 0 saturated heterocycles. The Morgan fingerprint density at radius 2 is 1.78 bits per heavy atom. The maximum Gasteiger partial charge on any atom is 0.373 e. The predicted molar refractivity (Wildman–Crippen MR) is 134 cm³/mol. The van der Waals surface area contributed by atoms with E-state index in [9.17, 15) is 9.59 Å². The number of methoxy groups -OCH3 is 1. The summed E-state index contributed by atoms with van der Waals surface area (Å²) in [6, 6.07) is 0.253. The highest BCUT2D eigenvalue weighted by Gasteiger charge is 2.48. The molecule has 5 aliphatic carbocycles. The highest BCUT2D eigenvalue weighted by atomic mass is 16.6. The number of nitrogens with one attached hydrogen (secondary N) is 1. The van der Waals surface area contributed by atoms with Crippen LogP contribution in [0.4, 0.5) is 0 Å². The highest BCUT2D eigenvalue weighted by Crippen LogP contribution is 2.53. The highest BCUT2D eigenvalue weighted by molar-refractivity contribution is 5.96. The Morgan fingerprint density at radius 3 is 2.42 bits per heavy atom. The molecule has 0 spiro atoms. The first-order valence-corrected chi connectivity index (χ1v) is 14.0. The lowest BCUT2D eigenvalue weighted by Gasteiger charge is -2.54. The van der Waals surface area contributed by atoms with Crippen LogP contribution in [0.1, 0.15) is 81.5 Å². The number of hydrogen-bond acceptors (Lipinski definition) is 6. The van der Waals surface area contributed by atoms with E-state index in [2.05, 4.69) is 10.4 Å². The fourth-order valence-electron chi connectivity index (χ4n) is 7.37. The van der Waals surface area contributed by atoms with Crippen molar-refractivity contribution in [2.75, 3.05) is 20.3 Å². The van der Waals surface area contributed by atoms with Crippen molar-refractivity contribution in [3.63, 3.8) is 0 Å². The fraction of sp³-hybridized carbons (Fsp3) is 0.750. The average Bonchev–Trinajstić information content (AvgIpc) is 3.28. The summed E-state index contributed by atoms with van der Waals surface area (Å²) in [5.41, 5.74) is 0.475. The zero-order valence-corrected chi connectivity index (χ0v) is 21.7. The molecule has 8 nitrogen and oxygen atoms in total. The van der Waals surface area contributed by atoms with E-state index in [0.29, 0.717) is 35.8 Å². The topological polar surface area (TPSA) is 91.7 Å². The normalized spacial score (nSPS) is 29.7. The molecule has 1 aromatic rings. The molecular weight excluding hydrogens is 458 g/mol. The van der Waals surface area contributed by atoms with Gasteiger partial charge in [0.05, 0.1) is 33.1 Å². The summed E-state index contributed by atoms with van der Waals surface area (Å²) >= 11 is 0. The van der Waals surface area contributed by atoms with Crippen molar-refractivity contribution < 1.29 is 23.8 Å². The van der Waals surface area contributed by atoms with Crippen LogP contribution >= 0.6 is 0 Å². The molecule has 6 rings (SSSR count). The quantitative estimate of drug-likeness (QED) is 0.290. The van der Waals surface area contributed by atoms with Gasteiger partial charge < -0.3 is 19.5 Å². The molecule has 5 aliphatic rings. The first-order chi connectivity index (χ1) is 17.6. The first kappa shape index (κ1) is 25.2. The smallest absolute Gasteiger partial charge is 0.373 e. The minimum Gasteiger partial charge on any atom is -0.490 e. The van der Waals surface area contributed by atoms with E-state index >= 15 is 0 Å². The Bertz CT molecular complexity index is 936. The van der Waals surface area contributed by atoms with Gasteiger partial charge in [-0.3, -0.25) is 4.79 Å². The van der Waals surface area contributed by atoms with Crippen LogP contribution in [0.2, 0.25) is 0 Å². The monoisotopic (exact) mass is 499 g/mol. The van der Waals surface area contributed by atoms with Crippen LogP contribution in [0.3, 0.4) is 0 Å². The Morgan fingerprint density at radius 1 is 1.08 bits per heavy atom. The number of amides is 1. The van der Waals surface area contributed by atoms with Crippen molar-refractivity contribution in [1.82, 2.24) is 15.1 Å². The number of esters is 1. The van der Waals surface area contributed by atoms with Gasteiger partial charge in [0.25, 0.3) is 5.91 Å². The van der Waals surface area contributed by atoms with Gasteiger partial charge >= 0.3 is 5.97 Å². The van der Waals surface area contributed by atoms with E-state index in [1.54, 1.807) is 23.9 Å². The molecule has 0 aromatic carbocycles. The molecule has 0 radical (unpaired) electrons. The molecular formula is C28H41N3O5. The minimum absolute atomic E-state index is 0.0984. The summed E-state index contributed by atoms with van der Waals surface area (Å²) in [5.74, 6) is 3.38. The van der Waals surface area contributed by atoms with Gasteiger partial charge in [0.2, 0.25) is 11.6 Å². The predicted octanol–water partition coefficient (Wildman–Crippen LogP) is 4.49. The average molecular weight is 500 g/mol. The molecule has 1 heterocycles. The SMILES string of the molecule is CCOC(=O)/C(=C/Cn1ncc(C(=O)NC2C3CC4CC(C3)CC2C4)c1OCC1CCCCC1)OC. The molecule has 5 fully saturated rings. The first-order valence-electron chi connectivity index (χ1n) is 14.0. The van der Waals surface area contributed by atoms with E-state index < -0.39 is 5.97 Å². The fourth-order valence-corrected chi connectivity index (χ4v) is 7.37. The number of ether oxygens (including phenoxy) is 3. The van der Waals surface area contributed by atoms with E-state index in [-0.39, 0.29) is 30.9 Å². The zero-order valence-electron chi connectivity index (χ0n) is 21.7. The molecule has 4 bridgehead atoms. The summed E-state index contributed by atoms with van der Waals surface area (Å²) < 4.78 is 18.2. The minimum atomic E-state index is -0.517. The summed E-state index contributed by atoms with van der Waals surface area (Å²) in [6.45, 7) is 2.84. The Kier molecular flexibility index (Phi) is 7.87. The van der Waals surface area contributed by atoms with Crippen molar-refractivity contribution in [3.8, 4) is 5.88 Å². The number of nitrogens with zero attached hydrogens (tertiary/aromatic N) is 2. The van der Waals surface area contributed by atoms with Gasteiger partial charge in [-0.15, -0.1) is 0 Å². The van der Waals surface area contributed by atoms with Crippen LogP contribution in [0.25, 0.3) is 0 Å². The summed E-state index contributed by atoms with van der Waals surface area (Å²) in [5, 5.41) is 7.87. The molecule has 1 amide bonds. The molecule has 1 N–H and O–H groups in total. The standard InChI is InChI=1S/C28H41N3O5/c1-3-35-28(33)24(34-2)9-10-31-27(36-17-18-7-5-4-6-8-18)23(16-29-31)26(32)30-25-21-12-19-11-20(14-21)15-22(25)13-19/h9,16,18-22,25H,3-8,10-15,17H2,1-2H3,(H,30,32)/b24-9-. The molecule has 8 heteroatoms. The molecule has 0 aliphatic heterocycles. The zero-order chi connectivity index (χ0) is 25.1. The van der Waals surface area contributed by atoms with Gasteiger partial charge in [-0.25, -0.2) is 9.48 Å². The van der Waals surface area contributed by atoms with Crippen LogP contribution in [0.5, 0.6) is 5.88 Å². The lowest BCUT2D eigenvalue weighted by atomic mass is 9.54. The van der Waals surface area contributed by atoms with Crippen molar-refractivity contribution in [2.45, 2.75) is 83.7 Å². The molecule has 198 valence electrons. The Balaban J connectivity index is 1.32. The van der Waals surface area contributed by atoms with E-state index in [0.717, 1.165) is 24.7 Å². The number of carbonyl (C=O) groups is 2. The van der Waals surface area contributed by atoms with Gasteiger partial charge in [0.15, 0.2) is 0 Å². The lowest BCUT2D eigenvalue weighted by Crippen LogP contribution is -2.55. The molecule has 36 heavy (non-hydrogen) atoms. The number of carbonyl (C=O) groups excluding carboxylic acids is 2. The molecule has 0 atom stereocenters. The Hall–Kier alpha value is -2.51. The third-order valence-electron chi connectivity index (χ3n) is 8.89. The van der Waals surface area contributed by atoms with Gasteiger partial charge in [0.1, 0.15) is 5.56 Å².